The van der Waals surface area contributed by atoms with Gasteiger partial charge in [-0.15, -0.1) is 0 Å². The van der Waals surface area contributed by atoms with E-state index in [2.05, 4.69) is 54.8 Å². The number of allylic oxidation sites excluding steroid dienone is 1. The van der Waals surface area contributed by atoms with Crippen molar-refractivity contribution in [1.29, 1.82) is 0 Å². The molecule has 0 spiro atoms. The second-order valence-electron chi connectivity index (χ2n) is 17.8. The number of hydrogen-bond donors (Lipinski definition) is 2. The zero-order valence-corrected chi connectivity index (χ0v) is 36.2. The van der Waals surface area contributed by atoms with E-state index in [1.807, 2.05) is 6.07 Å². The van der Waals surface area contributed by atoms with Crippen molar-refractivity contribution in [3.63, 3.8) is 0 Å². The fourth-order valence-electron chi connectivity index (χ4n) is 9.86. The predicted molar refractivity (Wildman–Crippen MR) is 238 cm³/mol. The number of aromatic amines is 1. The number of nitro benzene ring substituents is 1. The van der Waals surface area contributed by atoms with E-state index >= 15 is 4.39 Å². The van der Waals surface area contributed by atoms with Crippen LogP contribution in [-0.4, -0.2) is 96.2 Å². The number of sulfonamides is 1. The van der Waals surface area contributed by atoms with Crippen molar-refractivity contribution in [2.24, 2.45) is 0 Å². The maximum absolute atomic E-state index is 15.7. The largest absolute Gasteiger partial charge is 0.483 e. The molecule has 14 nitrogen and oxygen atoms in total. The summed E-state index contributed by atoms with van der Waals surface area (Å²) in [6.45, 7) is 2.91. The smallest absolute Gasteiger partial charge is 0.312 e. The van der Waals surface area contributed by atoms with Crippen LogP contribution in [0.4, 0.5) is 10.1 Å². The third-order valence-electron chi connectivity index (χ3n) is 13.7. The van der Waals surface area contributed by atoms with Crippen LogP contribution >= 0.6 is 0 Å². The standard InChI is InChI=1S/C48H51FN6O8S/c49-48(18-22-53(23-19-48)36-28-61-29-36)30-62-44-16-14-38(26-43(44)55(57)58)64(59,60)52-47(56)41-15-11-33(25-45(41)63-37-24-34-17-20-50-46(34)51-27-37)31-9-12-35(13-10-31)54-21-3-6-42(54)40-5-2-1-4-39(40)32-7-8-32/h1-2,4-5,9,11,14-17,20,24-27,32,35-36,42H,3,6-8,10,12-13,18-19,21-23,28-30H2,(H,50,51)(H,52,56)/t35?,42-/m1/s1. The number of piperidine rings is 1. The second kappa shape index (κ2) is 17.4. The molecule has 3 aliphatic heterocycles. The molecule has 2 aromatic heterocycles. The molecule has 5 aromatic rings. The summed E-state index contributed by atoms with van der Waals surface area (Å²) in [5.41, 5.74) is 3.16. The van der Waals surface area contributed by atoms with Gasteiger partial charge in [-0.2, -0.15) is 0 Å². The van der Waals surface area contributed by atoms with Gasteiger partial charge in [0.15, 0.2) is 5.75 Å². The number of pyridine rings is 1. The summed E-state index contributed by atoms with van der Waals surface area (Å²) in [5, 5.41) is 13.0. The number of benzene rings is 3. The normalized spacial score (nSPS) is 21.9. The van der Waals surface area contributed by atoms with E-state index in [-0.39, 0.29) is 35.9 Å². The summed E-state index contributed by atoms with van der Waals surface area (Å²) in [7, 11) is -4.66. The van der Waals surface area contributed by atoms with Gasteiger partial charge in [0.2, 0.25) is 0 Å². The van der Waals surface area contributed by atoms with Crippen molar-refractivity contribution < 1.29 is 36.7 Å². The van der Waals surface area contributed by atoms with Gasteiger partial charge in [0.05, 0.1) is 40.8 Å². The van der Waals surface area contributed by atoms with E-state index in [4.69, 9.17) is 14.2 Å². The van der Waals surface area contributed by atoms with Crippen LogP contribution in [0.3, 0.4) is 0 Å². The third-order valence-corrected chi connectivity index (χ3v) is 15.0. The SMILES string of the molecule is O=C(NS(=O)(=O)c1ccc(OCC2(F)CCN(C3COC3)CC2)c([N+](=O)[O-])c1)c1ccc(C2=CCC(N3CCC[C@@H]3c3ccccc3C3CC3)CC2)cc1Oc1cnc2[nH]ccc2c1. The van der Waals surface area contributed by atoms with E-state index in [1.54, 1.807) is 24.4 Å². The van der Waals surface area contributed by atoms with Gasteiger partial charge < -0.3 is 19.2 Å². The number of carbonyl (C=O) groups excluding carboxylic acids is 1. The Morgan fingerprint density at radius 3 is 2.52 bits per heavy atom. The molecule has 5 aliphatic rings. The first-order valence-corrected chi connectivity index (χ1v) is 23.8. The Bertz CT molecular complexity index is 2730. The highest BCUT2D eigenvalue weighted by Crippen LogP contribution is 2.47. The van der Waals surface area contributed by atoms with Crippen LogP contribution in [0.25, 0.3) is 16.6 Å². The lowest BCUT2D eigenvalue weighted by molar-refractivity contribution is -0.386. The number of H-pyrrole nitrogens is 1. The van der Waals surface area contributed by atoms with E-state index in [0.717, 1.165) is 66.9 Å². The molecule has 1 saturated carbocycles. The number of carbonyl (C=O) groups is 1. The number of halogens is 1. The van der Waals surface area contributed by atoms with Crippen molar-refractivity contribution >= 4 is 38.2 Å². The summed E-state index contributed by atoms with van der Waals surface area (Å²) >= 11 is 0. The first kappa shape index (κ1) is 42.3. The van der Waals surface area contributed by atoms with Crippen LogP contribution in [0, 0.1) is 10.1 Å². The number of amides is 1. The van der Waals surface area contributed by atoms with Gasteiger partial charge in [-0.25, -0.2) is 22.5 Å². The van der Waals surface area contributed by atoms with Gasteiger partial charge in [-0.05, 0) is 129 Å². The Labute approximate surface area is 371 Å². The first-order valence-electron chi connectivity index (χ1n) is 22.3. The van der Waals surface area contributed by atoms with Crippen molar-refractivity contribution in [3.05, 3.63) is 124 Å². The summed E-state index contributed by atoms with van der Waals surface area (Å²) in [6, 6.07) is 21.8. The van der Waals surface area contributed by atoms with Crippen molar-refractivity contribution in [1.82, 2.24) is 24.5 Å². The molecule has 334 valence electrons. The molecule has 5 heterocycles. The molecule has 0 bridgehead atoms. The molecule has 3 saturated heterocycles. The Morgan fingerprint density at radius 1 is 0.969 bits per heavy atom. The monoisotopic (exact) mass is 890 g/mol. The molecule has 2 atom stereocenters. The predicted octanol–water partition coefficient (Wildman–Crippen LogP) is 8.61. The fraction of sp³-hybridized carbons (Fsp3) is 0.417. The van der Waals surface area contributed by atoms with E-state index in [0.29, 0.717) is 55.7 Å². The highest BCUT2D eigenvalue weighted by molar-refractivity contribution is 7.90. The number of ether oxygens (including phenoxy) is 3. The number of nitro groups is 1. The van der Waals surface area contributed by atoms with E-state index in [1.165, 1.54) is 42.7 Å². The number of hydrogen-bond acceptors (Lipinski definition) is 11. The number of likely N-dealkylation sites (tertiary alicyclic amines) is 2. The van der Waals surface area contributed by atoms with Gasteiger partial charge in [0.1, 0.15) is 29.4 Å². The molecular weight excluding hydrogens is 840 g/mol. The average Bonchev–Trinajstić information content (AvgIpc) is 3.82. The van der Waals surface area contributed by atoms with E-state index < -0.39 is 43.7 Å². The molecule has 0 radical (unpaired) electrons. The zero-order valence-electron chi connectivity index (χ0n) is 35.4. The molecule has 1 amide bonds. The van der Waals surface area contributed by atoms with Gasteiger partial charge in [-0.1, -0.05) is 36.4 Å². The second-order valence-corrected chi connectivity index (χ2v) is 19.5. The highest BCUT2D eigenvalue weighted by atomic mass is 32.2. The third kappa shape index (κ3) is 8.75. The van der Waals surface area contributed by atoms with Gasteiger partial charge in [0, 0.05) is 42.8 Å². The number of aromatic nitrogens is 2. The lowest BCUT2D eigenvalue weighted by atomic mass is 9.88. The summed E-state index contributed by atoms with van der Waals surface area (Å²) in [6.07, 6.45) is 13.5. The molecule has 10 rings (SSSR count). The average molecular weight is 891 g/mol. The van der Waals surface area contributed by atoms with Crippen LogP contribution in [0.1, 0.15) is 96.8 Å². The number of rotatable bonds is 14. The van der Waals surface area contributed by atoms with Crippen molar-refractivity contribution in [2.75, 3.05) is 39.5 Å². The number of alkyl halides is 1. The molecular formula is C48H51FN6O8S. The van der Waals surface area contributed by atoms with Gasteiger partial charge in [-0.3, -0.25) is 24.7 Å². The maximum Gasteiger partial charge on any atom is 0.312 e. The summed E-state index contributed by atoms with van der Waals surface area (Å²) in [4.78, 5) is 37.2. The first-order chi connectivity index (χ1) is 31.0. The Morgan fingerprint density at radius 2 is 1.78 bits per heavy atom. The van der Waals surface area contributed by atoms with Crippen molar-refractivity contribution in [3.8, 4) is 17.2 Å². The minimum Gasteiger partial charge on any atom is -0.483 e. The molecule has 1 unspecified atom stereocenters. The molecule has 3 aromatic carbocycles. The summed E-state index contributed by atoms with van der Waals surface area (Å²) in [5.74, 6) is -0.128. The topological polar surface area (TPSA) is 169 Å². The minimum atomic E-state index is -4.66. The number of fused-ring (bicyclic) bond motifs is 1. The Hall–Kier alpha value is -5.68. The number of nitrogens with one attached hydrogen (secondary N) is 2. The Balaban J connectivity index is 0.864. The van der Waals surface area contributed by atoms with Crippen LogP contribution in [0.15, 0.2) is 96.2 Å². The van der Waals surface area contributed by atoms with Crippen LogP contribution in [0.5, 0.6) is 17.2 Å². The van der Waals surface area contributed by atoms with Crippen molar-refractivity contribution in [2.45, 2.75) is 92.4 Å². The van der Waals surface area contributed by atoms with Gasteiger partial charge in [0.25, 0.3) is 15.9 Å². The van der Waals surface area contributed by atoms with Crippen LogP contribution in [-0.2, 0) is 14.8 Å². The molecule has 16 heteroatoms. The maximum atomic E-state index is 15.7. The van der Waals surface area contributed by atoms with Gasteiger partial charge >= 0.3 is 5.69 Å². The quantitative estimate of drug-likeness (QED) is 0.0809. The van der Waals surface area contributed by atoms with E-state index in [9.17, 15) is 23.3 Å². The molecule has 4 fully saturated rings. The molecule has 2 N–H and O–H groups in total. The van der Waals surface area contributed by atoms with Crippen LogP contribution in [0.2, 0.25) is 0 Å². The summed E-state index contributed by atoms with van der Waals surface area (Å²) < 4.78 is 62.5. The minimum absolute atomic E-state index is 0.0661. The van der Waals surface area contributed by atoms with Crippen LogP contribution < -0.4 is 14.2 Å². The highest BCUT2D eigenvalue weighted by Gasteiger charge is 2.40. The Kier molecular flexibility index (Phi) is 11.5. The number of nitrogens with zero attached hydrogens (tertiary/aromatic N) is 4. The lowest BCUT2D eigenvalue weighted by Gasteiger charge is -2.43. The lowest BCUT2D eigenvalue weighted by Crippen LogP contribution is -2.55. The zero-order chi connectivity index (χ0) is 44.0. The molecule has 64 heavy (non-hydrogen) atoms. The molecule has 2 aliphatic carbocycles. The fourth-order valence-corrected chi connectivity index (χ4v) is 10.8.